The van der Waals surface area contributed by atoms with Gasteiger partial charge in [0.1, 0.15) is 11.5 Å². The minimum Gasteiger partial charge on any atom is -0.497 e. The van der Waals surface area contributed by atoms with Gasteiger partial charge >= 0.3 is 0 Å². The van der Waals surface area contributed by atoms with Crippen LogP contribution in [0.2, 0.25) is 0 Å². The Kier molecular flexibility index (Phi) is 3.55. The van der Waals surface area contributed by atoms with Gasteiger partial charge in [0.25, 0.3) is 0 Å². The minimum absolute atomic E-state index is 0.564. The molecule has 0 amide bonds. The molecule has 5 heteroatoms. The van der Waals surface area contributed by atoms with Crippen molar-refractivity contribution in [2.75, 3.05) is 14.2 Å². The van der Waals surface area contributed by atoms with Crippen molar-refractivity contribution in [3.63, 3.8) is 0 Å². The summed E-state index contributed by atoms with van der Waals surface area (Å²) in [5.41, 5.74) is 2.72. The number of ether oxygens (including phenoxy) is 2. The van der Waals surface area contributed by atoms with E-state index in [1.54, 1.807) is 20.4 Å². The molecule has 0 atom stereocenters. The Hall–Kier alpha value is -2.82. The lowest BCUT2D eigenvalue weighted by Crippen LogP contribution is -1.92. The number of aliphatic imine (C=N–C) groups is 1. The van der Waals surface area contributed by atoms with E-state index in [0.29, 0.717) is 11.7 Å². The smallest absolute Gasteiger partial charge is 0.227 e. The molecule has 0 spiro atoms. The first-order valence-electron chi connectivity index (χ1n) is 6.51. The molecule has 3 aromatic rings. The summed E-state index contributed by atoms with van der Waals surface area (Å²) in [6.45, 7) is 0. The summed E-state index contributed by atoms with van der Waals surface area (Å²) in [6, 6.07) is 13.4. The molecular formula is C16H15N3O2. The van der Waals surface area contributed by atoms with Gasteiger partial charge in [-0.05, 0) is 24.3 Å². The van der Waals surface area contributed by atoms with Crippen molar-refractivity contribution < 1.29 is 9.47 Å². The Morgan fingerprint density at radius 3 is 2.71 bits per heavy atom. The van der Waals surface area contributed by atoms with Crippen molar-refractivity contribution >= 4 is 23.2 Å². The van der Waals surface area contributed by atoms with Gasteiger partial charge in [-0.25, -0.2) is 9.98 Å². The molecule has 3 rings (SSSR count). The average molecular weight is 281 g/mol. The Balaban J connectivity index is 1.91. The summed E-state index contributed by atoms with van der Waals surface area (Å²) in [5.74, 6) is 2.01. The van der Waals surface area contributed by atoms with Gasteiger partial charge in [0, 0.05) is 17.8 Å². The number of H-pyrrole nitrogens is 1. The molecule has 0 aliphatic carbocycles. The third kappa shape index (κ3) is 2.72. The minimum atomic E-state index is 0.564. The summed E-state index contributed by atoms with van der Waals surface area (Å²) in [6.07, 6.45) is 1.72. The summed E-state index contributed by atoms with van der Waals surface area (Å²) in [7, 11) is 3.24. The molecule has 5 nitrogen and oxygen atoms in total. The predicted molar refractivity (Wildman–Crippen MR) is 82.9 cm³/mol. The van der Waals surface area contributed by atoms with Crippen molar-refractivity contribution in [3.05, 3.63) is 48.0 Å². The molecule has 21 heavy (non-hydrogen) atoms. The number of aromatic amines is 1. The maximum atomic E-state index is 5.33. The summed E-state index contributed by atoms with van der Waals surface area (Å²) in [4.78, 5) is 11.9. The fraction of sp³-hybridized carbons (Fsp3) is 0.125. The second-order valence-corrected chi connectivity index (χ2v) is 4.44. The standard InChI is InChI=1S/C16H15N3O2/c1-20-12-8-7-11(15(9-12)21-2)10-17-16-18-13-5-3-4-6-14(13)19-16/h3-10H,1-2H3,(H,18,19). The molecule has 0 radical (unpaired) electrons. The lowest BCUT2D eigenvalue weighted by molar-refractivity contribution is 0.394. The normalized spacial score (nSPS) is 11.1. The maximum Gasteiger partial charge on any atom is 0.227 e. The van der Waals surface area contributed by atoms with Crippen LogP contribution in [0.4, 0.5) is 5.95 Å². The number of nitrogens with one attached hydrogen (secondary N) is 1. The molecule has 0 unspecified atom stereocenters. The molecule has 0 aliphatic heterocycles. The highest BCUT2D eigenvalue weighted by atomic mass is 16.5. The van der Waals surface area contributed by atoms with E-state index in [9.17, 15) is 0 Å². The van der Waals surface area contributed by atoms with Gasteiger partial charge in [-0.3, -0.25) is 0 Å². The third-order valence-corrected chi connectivity index (χ3v) is 3.14. The number of fused-ring (bicyclic) bond motifs is 1. The SMILES string of the molecule is COc1ccc(C=Nc2nc3ccccc3[nH]2)c(OC)c1. The predicted octanol–water partition coefficient (Wildman–Crippen LogP) is 3.33. The summed E-state index contributed by atoms with van der Waals surface area (Å²) in [5, 5.41) is 0. The lowest BCUT2D eigenvalue weighted by atomic mass is 10.2. The highest BCUT2D eigenvalue weighted by Crippen LogP contribution is 2.24. The van der Waals surface area contributed by atoms with Crippen LogP contribution in [-0.4, -0.2) is 30.4 Å². The lowest BCUT2D eigenvalue weighted by Gasteiger charge is -2.06. The molecule has 0 aliphatic rings. The number of para-hydroxylation sites is 2. The van der Waals surface area contributed by atoms with Crippen LogP contribution in [0.15, 0.2) is 47.5 Å². The van der Waals surface area contributed by atoms with Gasteiger partial charge < -0.3 is 14.5 Å². The Morgan fingerprint density at radius 1 is 1.10 bits per heavy atom. The van der Waals surface area contributed by atoms with Gasteiger partial charge in [-0.15, -0.1) is 0 Å². The fourth-order valence-electron chi connectivity index (χ4n) is 2.06. The topological polar surface area (TPSA) is 59.5 Å². The number of imidazole rings is 1. The number of hydrogen-bond donors (Lipinski definition) is 1. The molecule has 1 N–H and O–H groups in total. The van der Waals surface area contributed by atoms with Crippen molar-refractivity contribution in [3.8, 4) is 11.5 Å². The van der Waals surface area contributed by atoms with Crippen LogP contribution in [0, 0.1) is 0 Å². The highest BCUT2D eigenvalue weighted by Gasteiger charge is 2.04. The van der Waals surface area contributed by atoms with E-state index < -0.39 is 0 Å². The Bertz CT molecular complexity index is 760. The second kappa shape index (κ2) is 5.66. The van der Waals surface area contributed by atoms with Crippen LogP contribution >= 0.6 is 0 Å². The van der Waals surface area contributed by atoms with Crippen molar-refractivity contribution in [1.29, 1.82) is 0 Å². The number of benzene rings is 2. The summed E-state index contributed by atoms with van der Waals surface area (Å²) < 4.78 is 10.5. The zero-order valence-corrected chi connectivity index (χ0v) is 11.8. The zero-order chi connectivity index (χ0) is 14.7. The molecule has 0 bridgehead atoms. The van der Waals surface area contributed by atoms with Gasteiger partial charge in [-0.2, -0.15) is 0 Å². The molecule has 1 heterocycles. The Labute approximate surface area is 122 Å². The van der Waals surface area contributed by atoms with Gasteiger partial charge in [-0.1, -0.05) is 12.1 Å². The van der Waals surface area contributed by atoms with Gasteiger partial charge in [0.15, 0.2) is 0 Å². The van der Waals surface area contributed by atoms with E-state index in [1.165, 1.54) is 0 Å². The fourth-order valence-corrected chi connectivity index (χ4v) is 2.06. The van der Waals surface area contributed by atoms with E-state index in [4.69, 9.17) is 9.47 Å². The van der Waals surface area contributed by atoms with E-state index in [2.05, 4.69) is 15.0 Å². The van der Waals surface area contributed by atoms with Gasteiger partial charge in [0.2, 0.25) is 5.95 Å². The number of methoxy groups -OCH3 is 2. The number of hydrogen-bond acceptors (Lipinski definition) is 4. The van der Waals surface area contributed by atoms with Gasteiger partial charge in [0.05, 0.1) is 25.3 Å². The summed E-state index contributed by atoms with van der Waals surface area (Å²) >= 11 is 0. The Morgan fingerprint density at radius 2 is 1.95 bits per heavy atom. The first-order valence-corrected chi connectivity index (χ1v) is 6.51. The number of aromatic nitrogens is 2. The third-order valence-electron chi connectivity index (χ3n) is 3.14. The first kappa shape index (κ1) is 13.2. The monoisotopic (exact) mass is 281 g/mol. The highest BCUT2D eigenvalue weighted by molar-refractivity contribution is 5.86. The quantitative estimate of drug-likeness (QED) is 0.746. The van der Waals surface area contributed by atoms with Crippen LogP contribution in [0.3, 0.4) is 0 Å². The molecular weight excluding hydrogens is 266 g/mol. The van der Waals surface area contributed by atoms with Crippen LogP contribution in [0.25, 0.3) is 11.0 Å². The second-order valence-electron chi connectivity index (χ2n) is 4.44. The number of rotatable bonds is 4. The number of nitrogens with zero attached hydrogens (tertiary/aromatic N) is 2. The zero-order valence-electron chi connectivity index (χ0n) is 11.8. The molecule has 0 saturated carbocycles. The van der Waals surface area contributed by atoms with E-state index in [-0.39, 0.29) is 0 Å². The van der Waals surface area contributed by atoms with E-state index in [1.807, 2.05) is 42.5 Å². The molecule has 106 valence electrons. The van der Waals surface area contributed by atoms with Crippen LogP contribution in [0.5, 0.6) is 11.5 Å². The largest absolute Gasteiger partial charge is 0.497 e. The van der Waals surface area contributed by atoms with E-state index >= 15 is 0 Å². The molecule has 0 fully saturated rings. The van der Waals surface area contributed by atoms with Crippen LogP contribution < -0.4 is 9.47 Å². The van der Waals surface area contributed by atoms with Crippen LogP contribution in [0.1, 0.15) is 5.56 Å². The molecule has 1 aromatic heterocycles. The first-order chi connectivity index (χ1) is 10.3. The van der Waals surface area contributed by atoms with Crippen molar-refractivity contribution in [2.45, 2.75) is 0 Å². The van der Waals surface area contributed by atoms with Crippen molar-refractivity contribution in [2.24, 2.45) is 4.99 Å². The average Bonchev–Trinajstić information content (AvgIpc) is 2.95. The van der Waals surface area contributed by atoms with Crippen LogP contribution in [-0.2, 0) is 0 Å². The molecule has 0 saturated heterocycles. The van der Waals surface area contributed by atoms with E-state index in [0.717, 1.165) is 22.3 Å². The molecule has 2 aromatic carbocycles. The van der Waals surface area contributed by atoms with Crippen molar-refractivity contribution in [1.82, 2.24) is 9.97 Å². The maximum absolute atomic E-state index is 5.33.